The van der Waals surface area contributed by atoms with E-state index >= 15 is 0 Å². The van der Waals surface area contributed by atoms with E-state index in [1.54, 1.807) is 12.1 Å². The van der Waals surface area contributed by atoms with Crippen molar-refractivity contribution in [2.45, 2.75) is 44.5 Å². The zero-order valence-corrected chi connectivity index (χ0v) is 14.9. The van der Waals surface area contributed by atoms with E-state index in [0.717, 1.165) is 44.6 Å². The van der Waals surface area contributed by atoms with Crippen molar-refractivity contribution in [1.82, 2.24) is 10.2 Å². The average Bonchev–Trinajstić information content (AvgIpc) is 2.58. The normalized spacial score (nSPS) is 21.9. The van der Waals surface area contributed by atoms with Crippen LogP contribution in [0.25, 0.3) is 0 Å². The van der Waals surface area contributed by atoms with Crippen LogP contribution in [-0.4, -0.2) is 37.4 Å². The van der Waals surface area contributed by atoms with Crippen LogP contribution in [0.15, 0.2) is 18.2 Å². The molecule has 1 N–H and O–H groups in total. The molecule has 7 heteroatoms. The van der Waals surface area contributed by atoms with Crippen LogP contribution in [0.5, 0.6) is 5.75 Å². The van der Waals surface area contributed by atoms with Gasteiger partial charge in [0.2, 0.25) is 0 Å². The maximum atomic E-state index is 12.5. The predicted octanol–water partition coefficient (Wildman–Crippen LogP) is 4.77. The van der Waals surface area contributed by atoms with Crippen LogP contribution in [0, 0.1) is 5.92 Å². The fraction of sp³-hybridized carbons (Fsp3) is 0.667. The van der Waals surface area contributed by atoms with Gasteiger partial charge in [-0.3, -0.25) is 4.90 Å². The Morgan fingerprint density at radius 3 is 2.40 bits per heavy atom. The fourth-order valence-corrected chi connectivity index (χ4v) is 4.33. The van der Waals surface area contributed by atoms with Gasteiger partial charge in [-0.15, -0.1) is 13.2 Å². The standard InChI is InChI=1S/C18H24ClF3N2O/c19-15-12-14(6-7-16(15)25-18(20,21)22)17(13-4-2-1-3-5-13)24-10-8-23-9-11-24/h6-7,12-13,17,23H,1-5,8-11H2/t17-/m0/s1. The molecule has 0 spiro atoms. The van der Waals surface area contributed by atoms with Crippen LogP contribution in [0.2, 0.25) is 5.02 Å². The smallest absolute Gasteiger partial charge is 0.404 e. The summed E-state index contributed by atoms with van der Waals surface area (Å²) in [6, 6.07) is 4.96. The van der Waals surface area contributed by atoms with Crippen molar-refractivity contribution in [1.29, 1.82) is 0 Å². The molecule has 1 aromatic carbocycles. The summed E-state index contributed by atoms with van der Waals surface area (Å²) < 4.78 is 41.4. The summed E-state index contributed by atoms with van der Waals surface area (Å²) in [6.45, 7) is 3.76. The Morgan fingerprint density at radius 2 is 1.80 bits per heavy atom. The van der Waals surface area contributed by atoms with Crippen molar-refractivity contribution in [3.05, 3.63) is 28.8 Å². The third-order valence-electron chi connectivity index (χ3n) is 5.16. The summed E-state index contributed by atoms with van der Waals surface area (Å²) in [5.74, 6) is 0.193. The third-order valence-corrected chi connectivity index (χ3v) is 5.46. The summed E-state index contributed by atoms with van der Waals surface area (Å²) in [4.78, 5) is 2.45. The molecular weight excluding hydrogens is 353 g/mol. The maximum Gasteiger partial charge on any atom is 0.573 e. The zero-order chi connectivity index (χ0) is 17.9. The quantitative estimate of drug-likeness (QED) is 0.819. The number of ether oxygens (including phenoxy) is 1. The molecule has 0 radical (unpaired) electrons. The number of benzene rings is 1. The molecule has 3 nitrogen and oxygen atoms in total. The Balaban J connectivity index is 1.85. The van der Waals surface area contributed by atoms with Crippen LogP contribution in [-0.2, 0) is 0 Å². The number of halogens is 4. The Hall–Kier alpha value is -0.980. The number of hydrogen-bond donors (Lipinski definition) is 1. The molecule has 1 saturated carbocycles. The molecule has 1 heterocycles. The lowest BCUT2D eigenvalue weighted by molar-refractivity contribution is -0.274. The van der Waals surface area contributed by atoms with Gasteiger partial charge in [0.1, 0.15) is 5.75 Å². The van der Waals surface area contributed by atoms with Gasteiger partial charge in [0.05, 0.1) is 5.02 Å². The third kappa shape index (κ3) is 5.02. The van der Waals surface area contributed by atoms with E-state index in [4.69, 9.17) is 11.6 Å². The van der Waals surface area contributed by atoms with E-state index in [0.29, 0.717) is 5.92 Å². The molecule has 2 aliphatic rings. The highest BCUT2D eigenvalue weighted by atomic mass is 35.5. The molecule has 3 rings (SSSR count). The van der Waals surface area contributed by atoms with Crippen LogP contribution in [0.1, 0.15) is 43.7 Å². The minimum absolute atomic E-state index is 0.0192. The number of nitrogens with zero attached hydrogens (tertiary/aromatic N) is 1. The number of alkyl halides is 3. The number of nitrogens with one attached hydrogen (secondary N) is 1. The minimum atomic E-state index is -4.73. The Bertz CT molecular complexity index is 552. The van der Waals surface area contributed by atoms with Crippen molar-refractivity contribution >= 4 is 11.6 Å². The monoisotopic (exact) mass is 376 g/mol. The van der Waals surface area contributed by atoms with Gasteiger partial charge in [-0.2, -0.15) is 0 Å². The van der Waals surface area contributed by atoms with Crippen molar-refractivity contribution in [2.24, 2.45) is 5.92 Å². The van der Waals surface area contributed by atoms with Crippen LogP contribution < -0.4 is 10.1 Å². The second-order valence-electron chi connectivity index (χ2n) is 6.87. The SMILES string of the molecule is FC(F)(F)Oc1ccc([C@H](C2CCCCC2)N2CCNCC2)cc1Cl. The molecule has 0 amide bonds. The first-order valence-electron chi connectivity index (χ1n) is 8.94. The molecule has 140 valence electrons. The molecule has 25 heavy (non-hydrogen) atoms. The van der Waals surface area contributed by atoms with E-state index in [1.807, 2.05) is 0 Å². The summed E-state index contributed by atoms with van der Waals surface area (Å²) in [7, 11) is 0. The van der Waals surface area contributed by atoms with Crippen molar-refractivity contribution in [3.8, 4) is 5.75 Å². The number of hydrogen-bond acceptors (Lipinski definition) is 3. The molecule has 0 bridgehead atoms. The van der Waals surface area contributed by atoms with Crippen molar-refractivity contribution in [2.75, 3.05) is 26.2 Å². The second-order valence-corrected chi connectivity index (χ2v) is 7.27. The van der Waals surface area contributed by atoms with E-state index in [9.17, 15) is 13.2 Å². The Kier molecular flexibility index (Phi) is 6.12. The van der Waals surface area contributed by atoms with Gasteiger partial charge in [-0.05, 0) is 36.5 Å². The molecule has 0 unspecified atom stereocenters. The highest BCUT2D eigenvalue weighted by Gasteiger charge is 2.34. The summed E-state index contributed by atoms with van der Waals surface area (Å²) in [6.07, 6.45) is 1.29. The highest BCUT2D eigenvalue weighted by Crippen LogP contribution is 2.41. The summed E-state index contributed by atoms with van der Waals surface area (Å²) in [5, 5.41) is 3.38. The predicted molar refractivity (Wildman–Crippen MR) is 91.9 cm³/mol. The fourth-order valence-electron chi connectivity index (χ4n) is 4.10. The first-order valence-corrected chi connectivity index (χ1v) is 9.32. The number of rotatable bonds is 4. The lowest BCUT2D eigenvalue weighted by Crippen LogP contribution is -2.47. The average molecular weight is 377 g/mol. The van der Waals surface area contributed by atoms with Gasteiger partial charge in [-0.1, -0.05) is 36.9 Å². The molecule has 0 aromatic heterocycles. The van der Waals surface area contributed by atoms with Gasteiger partial charge in [0.25, 0.3) is 0 Å². The van der Waals surface area contributed by atoms with E-state index in [2.05, 4.69) is 15.0 Å². The molecular formula is C18H24ClF3N2O. The second kappa shape index (κ2) is 8.14. The minimum Gasteiger partial charge on any atom is -0.404 e. The first kappa shape index (κ1) is 18.8. The van der Waals surface area contributed by atoms with Crippen LogP contribution >= 0.6 is 11.6 Å². The van der Waals surface area contributed by atoms with E-state index in [1.165, 1.54) is 25.3 Å². The molecule has 1 aliphatic carbocycles. The summed E-state index contributed by atoms with van der Waals surface area (Å²) in [5.41, 5.74) is 0.994. The topological polar surface area (TPSA) is 24.5 Å². The van der Waals surface area contributed by atoms with E-state index in [-0.39, 0.29) is 16.8 Å². The van der Waals surface area contributed by atoms with Gasteiger partial charge in [0, 0.05) is 32.2 Å². The molecule has 2 fully saturated rings. The van der Waals surface area contributed by atoms with Gasteiger partial charge >= 0.3 is 6.36 Å². The lowest BCUT2D eigenvalue weighted by atomic mass is 9.80. The lowest BCUT2D eigenvalue weighted by Gasteiger charge is -2.41. The maximum absolute atomic E-state index is 12.5. The van der Waals surface area contributed by atoms with Crippen molar-refractivity contribution in [3.63, 3.8) is 0 Å². The largest absolute Gasteiger partial charge is 0.573 e. The Labute approximate surface area is 151 Å². The Morgan fingerprint density at radius 1 is 1.12 bits per heavy atom. The van der Waals surface area contributed by atoms with E-state index < -0.39 is 6.36 Å². The first-order chi connectivity index (χ1) is 11.9. The zero-order valence-electron chi connectivity index (χ0n) is 14.1. The molecule has 1 aliphatic heterocycles. The van der Waals surface area contributed by atoms with Crippen molar-refractivity contribution < 1.29 is 17.9 Å². The van der Waals surface area contributed by atoms with Crippen LogP contribution in [0.4, 0.5) is 13.2 Å². The molecule has 1 aromatic rings. The number of piperazine rings is 1. The molecule has 1 saturated heterocycles. The van der Waals surface area contributed by atoms with Gasteiger partial charge < -0.3 is 10.1 Å². The van der Waals surface area contributed by atoms with Gasteiger partial charge in [-0.25, -0.2) is 0 Å². The summed E-state index contributed by atoms with van der Waals surface area (Å²) >= 11 is 6.10. The van der Waals surface area contributed by atoms with Crippen LogP contribution in [0.3, 0.4) is 0 Å². The van der Waals surface area contributed by atoms with Gasteiger partial charge in [0.15, 0.2) is 0 Å². The molecule has 1 atom stereocenters. The highest BCUT2D eigenvalue weighted by molar-refractivity contribution is 6.32.